The van der Waals surface area contributed by atoms with Gasteiger partial charge in [-0.2, -0.15) is 0 Å². The number of sulfonamides is 1. The lowest BCUT2D eigenvalue weighted by Crippen LogP contribution is -2.60. The Morgan fingerprint density at radius 1 is 1.02 bits per heavy atom. The molecule has 62 heavy (non-hydrogen) atoms. The minimum Gasteiger partial charge on any atom is -0.379 e. The van der Waals surface area contributed by atoms with Gasteiger partial charge in [0.05, 0.1) is 48.4 Å². The molecule has 5 amide bonds. The molecule has 4 N–H and O–H groups in total. The van der Waals surface area contributed by atoms with Gasteiger partial charge >= 0.3 is 0 Å². The molecule has 0 spiro atoms. The summed E-state index contributed by atoms with van der Waals surface area (Å²) in [6.07, 6.45) is 3.38. The first-order valence-electron chi connectivity index (χ1n) is 22.0. The van der Waals surface area contributed by atoms with Gasteiger partial charge in [-0.05, 0) is 67.4 Å². The zero-order chi connectivity index (χ0) is 45.7. The third-order valence-corrected chi connectivity index (χ3v) is 14.4. The van der Waals surface area contributed by atoms with Crippen LogP contribution < -0.4 is 20.7 Å². The van der Waals surface area contributed by atoms with Crippen LogP contribution in [-0.2, 0) is 49.9 Å². The summed E-state index contributed by atoms with van der Waals surface area (Å²) in [6, 6.07) is 5.82. The molecule has 2 aliphatic heterocycles. The van der Waals surface area contributed by atoms with Gasteiger partial charge in [0, 0.05) is 51.7 Å². The van der Waals surface area contributed by atoms with Crippen LogP contribution in [0.2, 0.25) is 0 Å². The zero-order valence-corrected chi connectivity index (χ0v) is 38.4. The van der Waals surface area contributed by atoms with Gasteiger partial charge in [0.2, 0.25) is 33.7 Å². The Morgan fingerprint density at radius 2 is 1.73 bits per heavy atom. The van der Waals surface area contributed by atoms with Crippen molar-refractivity contribution in [1.82, 2.24) is 30.5 Å². The van der Waals surface area contributed by atoms with Crippen molar-refractivity contribution in [3.63, 3.8) is 0 Å². The lowest BCUT2D eigenvalue weighted by Gasteiger charge is -2.41. The minimum atomic E-state index is -4.11. The van der Waals surface area contributed by atoms with Crippen molar-refractivity contribution in [1.29, 1.82) is 0 Å². The number of hydrogen-bond acceptors (Lipinski definition) is 11. The number of benzene rings is 1. The number of nitrogens with one attached hydrogen (secondary N) is 4. The summed E-state index contributed by atoms with van der Waals surface area (Å²) in [5.41, 5.74) is 9.19. The highest BCUT2D eigenvalue weighted by Crippen LogP contribution is 2.35. The van der Waals surface area contributed by atoms with E-state index in [-0.39, 0.29) is 67.3 Å². The van der Waals surface area contributed by atoms with Gasteiger partial charge in [0.1, 0.15) is 12.1 Å². The van der Waals surface area contributed by atoms with Crippen molar-refractivity contribution < 1.29 is 41.9 Å². The van der Waals surface area contributed by atoms with E-state index in [1.165, 1.54) is 14.2 Å². The monoisotopic (exact) mass is 887 g/mol. The molecule has 1 aliphatic carbocycles. The van der Waals surface area contributed by atoms with Crippen LogP contribution in [-0.4, -0.2) is 136 Å². The molecule has 1 aromatic carbocycles. The summed E-state index contributed by atoms with van der Waals surface area (Å²) in [5, 5.41) is 12.6. The number of piperidine rings is 1. The van der Waals surface area contributed by atoms with E-state index in [1.807, 2.05) is 27.7 Å². The van der Waals surface area contributed by atoms with Gasteiger partial charge in [0.25, 0.3) is 5.91 Å². The van der Waals surface area contributed by atoms with Crippen LogP contribution in [0.25, 0.3) is 10.4 Å². The van der Waals surface area contributed by atoms with E-state index >= 15 is 0 Å². The SMILES string of the molecule is CC[C@H](C)[C@@H]([C@@H](CC(=O)N1CCC[C@H]1[C@H](OC)[C@@H](C)C(=O)N[C@@H](Cc1ccccc1)C(=O)NS(=O)(=O)CCCN=[N+]=[N-])OC)N(C)C(=O)C(NC(=O)[C@H]1N[C@@H]2CC[C@H]1C2)C(C)C. The molecule has 2 heterocycles. The van der Waals surface area contributed by atoms with Gasteiger partial charge in [-0.25, -0.2) is 8.42 Å². The van der Waals surface area contributed by atoms with Gasteiger partial charge in [0.15, 0.2) is 0 Å². The van der Waals surface area contributed by atoms with Gasteiger partial charge in [-0.1, -0.05) is 76.5 Å². The smallest absolute Gasteiger partial charge is 0.256 e. The first kappa shape index (κ1) is 50.4. The minimum absolute atomic E-state index is 0.000663. The molecule has 2 bridgehead atoms. The average Bonchev–Trinajstić information content (AvgIpc) is 4.03. The highest BCUT2D eigenvalue weighted by molar-refractivity contribution is 7.90. The summed E-state index contributed by atoms with van der Waals surface area (Å²) < 4.78 is 39.5. The fourth-order valence-corrected chi connectivity index (χ4v) is 10.5. The Labute approximate surface area is 367 Å². The molecular weight excluding hydrogens is 819 g/mol. The first-order valence-corrected chi connectivity index (χ1v) is 23.7. The molecule has 0 aromatic heterocycles. The van der Waals surface area contributed by atoms with Crippen LogP contribution in [0.5, 0.6) is 0 Å². The second-order valence-corrected chi connectivity index (χ2v) is 19.4. The number of ether oxygens (including phenoxy) is 2. The fourth-order valence-electron chi connectivity index (χ4n) is 9.44. The molecule has 346 valence electrons. The number of carbonyl (C=O) groups excluding carboxylic acids is 5. The lowest BCUT2D eigenvalue weighted by molar-refractivity contribution is -0.148. The van der Waals surface area contributed by atoms with E-state index in [9.17, 15) is 32.4 Å². The Bertz CT molecular complexity index is 1850. The van der Waals surface area contributed by atoms with Crippen LogP contribution >= 0.6 is 0 Å². The van der Waals surface area contributed by atoms with Crippen LogP contribution in [0.1, 0.15) is 91.5 Å². The molecule has 19 heteroatoms. The van der Waals surface area contributed by atoms with Crippen LogP contribution in [0, 0.1) is 23.7 Å². The predicted octanol–water partition coefficient (Wildman–Crippen LogP) is 3.06. The summed E-state index contributed by atoms with van der Waals surface area (Å²) in [4.78, 5) is 75.5. The summed E-state index contributed by atoms with van der Waals surface area (Å²) >= 11 is 0. The van der Waals surface area contributed by atoms with Crippen molar-refractivity contribution >= 4 is 39.6 Å². The van der Waals surface area contributed by atoms with E-state index in [0.717, 1.165) is 19.3 Å². The largest absolute Gasteiger partial charge is 0.379 e. The van der Waals surface area contributed by atoms with Crippen molar-refractivity contribution in [2.75, 3.05) is 40.1 Å². The van der Waals surface area contributed by atoms with E-state index in [2.05, 4.69) is 30.7 Å². The molecule has 1 saturated carbocycles. The number of likely N-dealkylation sites (tertiary alicyclic amines) is 1. The number of fused-ring (bicyclic) bond motifs is 2. The second-order valence-electron chi connectivity index (χ2n) is 17.6. The van der Waals surface area contributed by atoms with Crippen LogP contribution in [0.15, 0.2) is 35.4 Å². The number of azide groups is 1. The van der Waals surface area contributed by atoms with Gasteiger partial charge in [-0.3, -0.25) is 28.7 Å². The summed E-state index contributed by atoms with van der Waals surface area (Å²) in [7, 11) is 0.578. The van der Waals surface area contributed by atoms with Gasteiger partial charge < -0.3 is 35.2 Å². The maximum atomic E-state index is 14.3. The zero-order valence-electron chi connectivity index (χ0n) is 37.6. The molecule has 1 aromatic rings. The molecule has 18 nitrogen and oxygen atoms in total. The molecule has 3 fully saturated rings. The molecule has 2 saturated heterocycles. The Balaban J connectivity index is 1.47. The normalized spacial score (nSPS) is 23.0. The van der Waals surface area contributed by atoms with Crippen molar-refractivity contribution in [2.45, 2.75) is 141 Å². The Kier molecular flexibility index (Phi) is 19.0. The third kappa shape index (κ3) is 13.1. The van der Waals surface area contributed by atoms with E-state index in [4.69, 9.17) is 15.0 Å². The number of carbonyl (C=O) groups is 5. The number of hydrogen-bond donors (Lipinski definition) is 4. The standard InChI is InChI=1S/C43H69N9O9S/c1-9-27(4)38(51(6)43(57)36(26(2)3)48-42(56)37-30-18-19-31(24-30)46-37)34(60-7)25-35(53)52-21-13-17-33(52)39(61-8)28(5)40(54)47-32(23-29-15-11-10-12-16-29)41(55)49-62(58,59)22-14-20-45-50-44/h10-12,15-16,26-28,30-34,36-39,46H,9,13-14,17-25H2,1-8H3,(H,47,54)(H,48,56)(H,49,55)/t27-,28+,30-,31+,32-,33-,34+,36?,37-,38-,39+/m0/s1. The highest BCUT2D eigenvalue weighted by Gasteiger charge is 2.46. The van der Waals surface area contributed by atoms with Crippen molar-refractivity contribution in [3.05, 3.63) is 46.3 Å². The maximum Gasteiger partial charge on any atom is 0.256 e. The summed E-state index contributed by atoms with van der Waals surface area (Å²) in [6.45, 7) is 9.83. The van der Waals surface area contributed by atoms with E-state index in [0.29, 0.717) is 37.4 Å². The predicted molar refractivity (Wildman–Crippen MR) is 234 cm³/mol. The quantitative estimate of drug-likeness (QED) is 0.0512. The Morgan fingerprint density at radius 3 is 2.31 bits per heavy atom. The highest BCUT2D eigenvalue weighted by atomic mass is 32.2. The number of amides is 5. The average molecular weight is 888 g/mol. The topological polar surface area (TPSA) is 241 Å². The van der Waals surface area contributed by atoms with Crippen molar-refractivity contribution in [2.24, 2.45) is 28.8 Å². The maximum absolute atomic E-state index is 14.3. The van der Waals surface area contributed by atoms with Crippen LogP contribution in [0.3, 0.4) is 0 Å². The molecule has 3 aliphatic rings. The molecule has 4 rings (SSSR count). The molecule has 11 atom stereocenters. The van der Waals surface area contributed by atoms with Crippen LogP contribution in [0.4, 0.5) is 0 Å². The molecular formula is C43H69N9O9S. The number of methoxy groups -OCH3 is 2. The summed E-state index contributed by atoms with van der Waals surface area (Å²) in [5.74, 6) is -3.47. The molecule has 1 unspecified atom stereocenters. The fraction of sp³-hybridized carbons (Fsp3) is 0.744. The number of likely N-dealkylation sites (N-methyl/N-ethyl adjacent to an activating group) is 1. The molecule has 0 radical (unpaired) electrons. The first-order chi connectivity index (χ1) is 29.5. The number of nitrogens with zero attached hydrogens (tertiary/aromatic N) is 5. The Hall–Kier alpha value is -4.29. The second kappa shape index (κ2) is 23.4. The third-order valence-electron chi connectivity index (χ3n) is 13.0. The van der Waals surface area contributed by atoms with Gasteiger partial charge in [-0.15, -0.1) is 0 Å². The van der Waals surface area contributed by atoms with E-state index < -0.39 is 69.9 Å². The van der Waals surface area contributed by atoms with E-state index in [1.54, 1.807) is 54.1 Å². The van der Waals surface area contributed by atoms with Crippen molar-refractivity contribution in [3.8, 4) is 0 Å². The number of rotatable bonds is 24. The lowest BCUT2D eigenvalue weighted by atomic mass is 9.89.